The highest BCUT2D eigenvalue weighted by molar-refractivity contribution is 5.31. The van der Waals surface area contributed by atoms with E-state index in [9.17, 15) is 8.78 Å². The summed E-state index contributed by atoms with van der Waals surface area (Å²) >= 11 is 0. The Balaban J connectivity index is 2.03. The third-order valence-corrected chi connectivity index (χ3v) is 2.53. The van der Waals surface area contributed by atoms with Crippen molar-refractivity contribution in [3.63, 3.8) is 0 Å². The van der Waals surface area contributed by atoms with Crippen LogP contribution in [-0.2, 0) is 11.3 Å². The predicted octanol–water partition coefficient (Wildman–Crippen LogP) is 3.39. The molecule has 0 saturated heterocycles. The lowest BCUT2D eigenvalue weighted by Gasteiger charge is -2.13. The number of ether oxygens (including phenoxy) is 1. The van der Waals surface area contributed by atoms with Crippen molar-refractivity contribution in [3.05, 3.63) is 48.5 Å². The summed E-state index contributed by atoms with van der Waals surface area (Å²) < 4.78 is 32.1. The Morgan fingerprint density at radius 1 is 1.28 bits per heavy atom. The van der Waals surface area contributed by atoms with Gasteiger partial charge in [-0.2, -0.15) is 8.78 Å². The van der Waals surface area contributed by atoms with E-state index in [-0.39, 0.29) is 13.0 Å². The zero-order valence-corrected chi connectivity index (χ0v) is 10.0. The average molecular weight is 252 g/mol. The molecule has 5 heteroatoms. The number of imidazole rings is 1. The second kappa shape index (κ2) is 5.27. The molecular formula is C13H14F2N2O. The summed E-state index contributed by atoms with van der Waals surface area (Å²) in [5, 5.41) is 0. The second-order valence-electron chi connectivity index (χ2n) is 3.89. The molecule has 0 radical (unpaired) electrons. The van der Waals surface area contributed by atoms with Gasteiger partial charge in [-0.05, 0) is 12.1 Å². The Bertz CT molecular complexity index is 497. The van der Waals surface area contributed by atoms with Crippen LogP contribution in [0.4, 0.5) is 8.78 Å². The zero-order chi connectivity index (χ0) is 13.0. The first-order valence-electron chi connectivity index (χ1n) is 5.71. The van der Waals surface area contributed by atoms with Gasteiger partial charge in [-0.25, -0.2) is 4.98 Å². The Morgan fingerprint density at radius 2 is 2.00 bits per heavy atom. The van der Waals surface area contributed by atoms with Crippen LogP contribution in [0.3, 0.4) is 0 Å². The number of hydrogen-bond acceptors (Lipinski definition) is 2. The number of para-hydroxylation sites is 1. The van der Waals surface area contributed by atoms with Crippen LogP contribution in [0.2, 0.25) is 0 Å². The first-order chi connectivity index (χ1) is 8.61. The van der Waals surface area contributed by atoms with E-state index in [1.54, 1.807) is 17.1 Å². The summed E-state index contributed by atoms with van der Waals surface area (Å²) in [5.41, 5.74) is 1.41. The summed E-state index contributed by atoms with van der Waals surface area (Å²) in [5.74, 6) is 0. The van der Waals surface area contributed by atoms with Crippen LogP contribution in [0.25, 0.3) is 5.69 Å². The quantitative estimate of drug-likeness (QED) is 0.815. The van der Waals surface area contributed by atoms with Crippen molar-refractivity contribution in [2.45, 2.75) is 26.1 Å². The van der Waals surface area contributed by atoms with Crippen LogP contribution in [-0.4, -0.2) is 15.7 Å². The average Bonchev–Trinajstić information content (AvgIpc) is 2.86. The lowest BCUT2D eigenvalue weighted by molar-refractivity contribution is -0.246. The maximum Gasteiger partial charge on any atom is 0.355 e. The maximum atomic E-state index is 12.9. The van der Waals surface area contributed by atoms with Gasteiger partial charge in [-0.3, -0.25) is 0 Å². The van der Waals surface area contributed by atoms with E-state index in [1.807, 2.05) is 30.3 Å². The molecule has 0 amide bonds. The first kappa shape index (κ1) is 12.7. The van der Waals surface area contributed by atoms with Gasteiger partial charge in [0.1, 0.15) is 0 Å². The fourth-order valence-corrected chi connectivity index (χ4v) is 1.46. The minimum Gasteiger partial charge on any atom is -0.314 e. The maximum absolute atomic E-state index is 12.9. The monoisotopic (exact) mass is 252 g/mol. The van der Waals surface area contributed by atoms with Gasteiger partial charge in [0, 0.05) is 18.3 Å². The third-order valence-electron chi connectivity index (χ3n) is 2.53. The number of alkyl halides is 2. The minimum absolute atomic E-state index is 0.194. The van der Waals surface area contributed by atoms with Gasteiger partial charge in [-0.15, -0.1) is 0 Å². The number of halogens is 2. The highest BCUT2D eigenvalue weighted by Gasteiger charge is 2.27. The molecule has 0 N–H and O–H groups in total. The lowest BCUT2D eigenvalue weighted by atomic mass is 10.3. The SMILES string of the molecule is CCC(F)(F)OCc1cn(-c2ccccc2)cn1. The minimum atomic E-state index is -3.09. The van der Waals surface area contributed by atoms with Crippen LogP contribution >= 0.6 is 0 Å². The van der Waals surface area contributed by atoms with Crippen LogP contribution in [0.15, 0.2) is 42.9 Å². The molecule has 0 saturated carbocycles. The molecule has 2 aromatic rings. The Kier molecular flexibility index (Phi) is 3.72. The topological polar surface area (TPSA) is 27.1 Å². The van der Waals surface area contributed by atoms with E-state index in [4.69, 9.17) is 0 Å². The first-order valence-corrected chi connectivity index (χ1v) is 5.71. The van der Waals surface area contributed by atoms with Gasteiger partial charge in [0.25, 0.3) is 0 Å². The molecule has 1 aromatic carbocycles. The Labute approximate surface area is 104 Å². The van der Waals surface area contributed by atoms with Gasteiger partial charge in [0.2, 0.25) is 0 Å². The van der Waals surface area contributed by atoms with E-state index >= 15 is 0 Å². The highest BCUT2D eigenvalue weighted by Crippen LogP contribution is 2.21. The Morgan fingerprint density at radius 3 is 2.67 bits per heavy atom. The molecule has 0 aliphatic heterocycles. The van der Waals surface area contributed by atoms with E-state index in [0.29, 0.717) is 5.69 Å². The number of hydrogen-bond donors (Lipinski definition) is 0. The van der Waals surface area contributed by atoms with Crippen molar-refractivity contribution in [2.75, 3.05) is 0 Å². The molecule has 0 unspecified atom stereocenters. The summed E-state index contributed by atoms with van der Waals surface area (Å²) in [4.78, 5) is 4.03. The smallest absolute Gasteiger partial charge is 0.314 e. The van der Waals surface area contributed by atoms with Crippen LogP contribution in [0, 0.1) is 0 Å². The molecule has 2 rings (SSSR count). The molecule has 1 aromatic heterocycles. The van der Waals surface area contributed by atoms with Gasteiger partial charge in [0.15, 0.2) is 0 Å². The number of aromatic nitrogens is 2. The van der Waals surface area contributed by atoms with Crippen molar-refractivity contribution >= 4 is 0 Å². The summed E-state index contributed by atoms with van der Waals surface area (Å²) in [7, 11) is 0. The van der Waals surface area contributed by atoms with Crippen molar-refractivity contribution in [1.82, 2.24) is 9.55 Å². The Hall–Kier alpha value is -1.75. The molecule has 0 aliphatic rings. The molecular weight excluding hydrogens is 238 g/mol. The van der Waals surface area contributed by atoms with E-state index in [0.717, 1.165) is 5.69 Å². The summed E-state index contributed by atoms with van der Waals surface area (Å²) in [6.07, 6.45) is -0.165. The van der Waals surface area contributed by atoms with Gasteiger partial charge >= 0.3 is 6.11 Å². The van der Waals surface area contributed by atoms with E-state index in [1.165, 1.54) is 6.92 Å². The van der Waals surface area contributed by atoms with Crippen molar-refractivity contribution in [3.8, 4) is 5.69 Å². The molecule has 0 bridgehead atoms. The van der Waals surface area contributed by atoms with Crippen LogP contribution < -0.4 is 0 Å². The van der Waals surface area contributed by atoms with Crippen molar-refractivity contribution in [2.24, 2.45) is 0 Å². The van der Waals surface area contributed by atoms with Gasteiger partial charge in [0.05, 0.1) is 18.6 Å². The molecule has 1 heterocycles. The number of nitrogens with zero attached hydrogens (tertiary/aromatic N) is 2. The number of benzene rings is 1. The molecule has 0 spiro atoms. The molecule has 0 fully saturated rings. The molecule has 0 aliphatic carbocycles. The van der Waals surface area contributed by atoms with Crippen molar-refractivity contribution in [1.29, 1.82) is 0 Å². The predicted molar refractivity (Wildman–Crippen MR) is 63.6 cm³/mol. The third kappa shape index (κ3) is 3.13. The largest absolute Gasteiger partial charge is 0.355 e. The van der Waals surface area contributed by atoms with Gasteiger partial charge in [-0.1, -0.05) is 25.1 Å². The fraction of sp³-hybridized carbons (Fsp3) is 0.308. The molecule has 3 nitrogen and oxygen atoms in total. The molecule has 96 valence electrons. The fourth-order valence-electron chi connectivity index (χ4n) is 1.46. The standard InChI is InChI=1S/C13H14F2N2O/c1-2-13(14,15)18-9-11-8-17(10-16-11)12-6-4-3-5-7-12/h3-8,10H,2,9H2,1H3. The zero-order valence-electron chi connectivity index (χ0n) is 10.0. The van der Waals surface area contributed by atoms with Crippen molar-refractivity contribution < 1.29 is 13.5 Å². The molecule has 0 atom stereocenters. The van der Waals surface area contributed by atoms with E-state index in [2.05, 4.69) is 9.72 Å². The normalized spacial score (nSPS) is 11.7. The highest BCUT2D eigenvalue weighted by atomic mass is 19.3. The number of rotatable bonds is 5. The van der Waals surface area contributed by atoms with Gasteiger partial charge < -0.3 is 9.30 Å². The van der Waals surface area contributed by atoms with Crippen LogP contribution in [0.1, 0.15) is 19.0 Å². The van der Waals surface area contributed by atoms with Crippen LogP contribution in [0.5, 0.6) is 0 Å². The molecule has 18 heavy (non-hydrogen) atoms. The lowest BCUT2D eigenvalue weighted by Crippen LogP contribution is -2.19. The summed E-state index contributed by atoms with van der Waals surface area (Å²) in [6, 6.07) is 9.53. The van der Waals surface area contributed by atoms with E-state index < -0.39 is 6.11 Å². The second-order valence-corrected chi connectivity index (χ2v) is 3.89. The summed E-state index contributed by atoms with van der Waals surface area (Å²) in [6.45, 7) is 1.18.